The Morgan fingerprint density at radius 1 is 1.14 bits per heavy atom. The molecule has 0 atom stereocenters. The second-order valence-corrected chi connectivity index (χ2v) is 5.33. The van der Waals surface area contributed by atoms with E-state index in [0.29, 0.717) is 21.3 Å². The predicted molar refractivity (Wildman–Crippen MR) is 92.1 cm³/mol. The Hall–Kier alpha value is -2.10. The van der Waals surface area contributed by atoms with Crippen molar-refractivity contribution in [1.82, 2.24) is 0 Å². The Bertz CT molecular complexity index is 801. The molecule has 3 nitrogen and oxygen atoms in total. The Balaban J connectivity index is 2.36. The minimum absolute atomic E-state index is 0.0932. The maximum Gasteiger partial charge on any atom is 0.212 e. The first-order chi connectivity index (χ1) is 10.5. The van der Waals surface area contributed by atoms with E-state index in [9.17, 15) is 9.59 Å². The molecule has 5 heteroatoms. The zero-order chi connectivity index (χ0) is 16.1. The van der Waals surface area contributed by atoms with Gasteiger partial charge in [0.2, 0.25) is 5.43 Å². The zero-order valence-corrected chi connectivity index (χ0v) is 13.3. The van der Waals surface area contributed by atoms with Crippen LogP contribution in [-0.4, -0.2) is 12.8 Å². The van der Waals surface area contributed by atoms with Crippen molar-refractivity contribution in [1.29, 1.82) is 0 Å². The number of hydrogen-bond donors (Lipinski definition) is 1. The summed E-state index contributed by atoms with van der Waals surface area (Å²) in [7, 11) is 1.63. The molecule has 0 amide bonds. The summed E-state index contributed by atoms with van der Waals surface area (Å²) in [4.78, 5) is 24.4. The third kappa shape index (κ3) is 3.75. The molecule has 0 saturated carbocycles. The summed E-state index contributed by atoms with van der Waals surface area (Å²) in [5.74, 6) is -0.385. The zero-order valence-electron chi connectivity index (χ0n) is 11.8. The Kier molecular flexibility index (Phi) is 5.36. The fraction of sp³-hybridized carbons (Fsp3) is 0.0588. The molecule has 1 N–H and O–H groups in total. The van der Waals surface area contributed by atoms with Crippen LogP contribution in [-0.2, 0) is 0 Å². The normalized spacial score (nSPS) is 10.7. The minimum Gasteiger partial charge on any atom is -0.385 e. The molecule has 2 rings (SSSR count). The van der Waals surface area contributed by atoms with Gasteiger partial charge in [0, 0.05) is 17.1 Å². The van der Waals surface area contributed by atoms with Crippen LogP contribution in [0.15, 0.2) is 53.3 Å². The fourth-order valence-electron chi connectivity index (χ4n) is 1.88. The van der Waals surface area contributed by atoms with E-state index < -0.39 is 0 Å². The van der Waals surface area contributed by atoms with Crippen molar-refractivity contribution in [3.63, 3.8) is 0 Å². The highest BCUT2D eigenvalue weighted by atomic mass is 35.5. The smallest absolute Gasteiger partial charge is 0.212 e. The molecule has 0 bridgehead atoms. The SMILES string of the molecule is CNc1ccccc(C(=O)C=Cc2ccc(Cl)cc2Cl)c1=O. The van der Waals surface area contributed by atoms with Gasteiger partial charge in [0.1, 0.15) is 0 Å². The molecule has 0 unspecified atom stereocenters. The van der Waals surface area contributed by atoms with E-state index in [0.717, 1.165) is 0 Å². The first kappa shape index (κ1) is 16.3. The number of nitrogens with one attached hydrogen (secondary N) is 1. The number of halogens is 2. The van der Waals surface area contributed by atoms with Crippen LogP contribution >= 0.6 is 23.2 Å². The van der Waals surface area contributed by atoms with E-state index in [1.807, 2.05) is 0 Å². The van der Waals surface area contributed by atoms with Gasteiger partial charge in [-0.25, -0.2) is 0 Å². The Morgan fingerprint density at radius 3 is 2.55 bits per heavy atom. The van der Waals surface area contributed by atoms with Crippen LogP contribution in [0.4, 0.5) is 5.69 Å². The number of ketones is 1. The van der Waals surface area contributed by atoms with Gasteiger partial charge in [-0.15, -0.1) is 0 Å². The van der Waals surface area contributed by atoms with Crippen LogP contribution in [0.3, 0.4) is 0 Å². The Morgan fingerprint density at radius 2 is 1.86 bits per heavy atom. The van der Waals surface area contributed by atoms with Gasteiger partial charge < -0.3 is 5.32 Å². The molecule has 2 aromatic carbocycles. The summed E-state index contributed by atoms with van der Waals surface area (Å²) in [6, 6.07) is 11.4. The van der Waals surface area contributed by atoms with Crippen LogP contribution in [0, 0.1) is 0 Å². The summed E-state index contributed by atoms with van der Waals surface area (Å²) >= 11 is 11.9. The first-order valence-corrected chi connectivity index (χ1v) is 7.27. The molecule has 0 saturated heterocycles. The molecular formula is C17H13Cl2NO2. The second kappa shape index (κ2) is 7.25. The highest BCUT2D eigenvalue weighted by Crippen LogP contribution is 2.22. The second-order valence-electron chi connectivity index (χ2n) is 4.49. The van der Waals surface area contributed by atoms with Crippen molar-refractivity contribution >= 4 is 40.7 Å². The van der Waals surface area contributed by atoms with Crippen molar-refractivity contribution in [2.75, 3.05) is 12.4 Å². The number of allylic oxidation sites excluding steroid dienone is 1. The van der Waals surface area contributed by atoms with Crippen LogP contribution < -0.4 is 10.7 Å². The fourth-order valence-corrected chi connectivity index (χ4v) is 2.35. The number of rotatable bonds is 4. The summed E-state index contributed by atoms with van der Waals surface area (Å²) in [6.07, 6.45) is 2.89. The highest BCUT2D eigenvalue weighted by Gasteiger charge is 2.08. The van der Waals surface area contributed by atoms with Gasteiger partial charge in [-0.05, 0) is 42.0 Å². The van der Waals surface area contributed by atoms with Crippen molar-refractivity contribution < 1.29 is 4.79 Å². The van der Waals surface area contributed by atoms with Crippen molar-refractivity contribution in [3.8, 4) is 0 Å². The molecule has 0 fully saturated rings. The highest BCUT2D eigenvalue weighted by molar-refractivity contribution is 6.35. The average molecular weight is 334 g/mol. The summed E-state index contributed by atoms with van der Waals surface area (Å²) in [5.41, 5.74) is 0.771. The van der Waals surface area contributed by atoms with Gasteiger partial charge in [0.05, 0.1) is 11.3 Å². The summed E-state index contributed by atoms with van der Waals surface area (Å²) in [6.45, 7) is 0. The summed E-state index contributed by atoms with van der Waals surface area (Å²) in [5, 5.41) is 3.73. The van der Waals surface area contributed by atoms with Gasteiger partial charge in [0.25, 0.3) is 0 Å². The first-order valence-electron chi connectivity index (χ1n) is 6.51. The number of hydrogen-bond acceptors (Lipinski definition) is 3. The van der Waals surface area contributed by atoms with Gasteiger partial charge in [-0.1, -0.05) is 41.4 Å². The van der Waals surface area contributed by atoms with Crippen molar-refractivity contribution in [2.24, 2.45) is 0 Å². The molecule has 0 aliphatic carbocycles. The molecular weight excluding hydrogens is 321 g/mol. The molecule has 0 aliphatic heterocycles. The van der Waals surface area contributed by atoms with Crippen LogP contribution in [0.1, 0.15) is 15.9 Å². The third-order valence-corrected chi connectivity index (χ3v) is 3.60. The monoisotopic (exact) mass is 333 g/mol. The van der Waals surface area contributed by atoms with E-state index in [2.05, 4.69) is 5.32 Å². The molecule has 2 aromatic rings. The average Bonchev–Trinajstić information content (AvgIpc) is 2.67. The van der Waals surface area contributed by atoms with Crippen LogP contribution in [0.2, 0.25) is 10.0 Å². The van der Waals surface area contributed by atoms with E-state index in [4.69, 9.17) is 23.2 Å². The number of carbonyl (C=O) groups is 1. The van der Waals surface area contributed by atoms with Gasteiger partial charge in [-0.3, -0.25) is 9.59 Å². The number of carbonyl (C=O) groups excluding carboxylic acids is 1. The largest absolute Gasteiger partial charge is 0.385 e. The molecule has 0 aliphatic rings. The van der Waals surface area contributed by atoms with Crippen LogP contribution in [0.5, 0.6) is 0 Å². The van der Waals surface area contributed by atoms with Gasteiger partial charge in [-0.2, -0.15) is 0 Å². The van der Waals surface area contributed by atoms with E-state index in [1.165, 1.54) is 12.1 Å². The molecule has 112 valence electrons. The molecule has 0 aromatic heterocycles. The van der Waals surface area contributed by atoms with Gasteiger partial charge >= 0.3 is 0 Å². The molecule has 0 radical (unpaired) electrons. The lowest BCUT2D eigenvalue weighted by Crippen LogP contribution is -2.14. The van der Waals surface area contributed by atoms with E-state index >= 15 is 0 Å². The maximum atomic E-state index is 12.2. The minimum atomic E-state index is -0.385. The van der Waals surface area contributed by atoms with Crippen LogP contribution in [0.25, 0.3) is 6.08 Å². The standard InChI is InChI=1S/C17H13Cl2NO2/c1-20-15-5-3-2-4-13(17(15)22)16(21)9-7-11-6-8-12(18)10-14(11)19/h2-10H,1H3,(H,20,22). The molecule has 22 heavy (non-hydrogen) atoms. The maximum absolute atomic E-state index is 12.2. The van der Waals surface area contributed by atoms with Crippen molar-refractivity contribution in [3.05, 3.63) is 79.9 Å². The van der Waals surface area contributed by atoms with E-state index in [1.54, 1.807) is 49.5 Å². The lowest BCUT2D eigenvalue weighted by molar-refractivity contribution is 0.104. The number of benzene rings is 1. The van der Waals surface area contributed by atoms with Crippen molar-refractivity contribution in [2.45, 2.75) is 0 Å². The lowest BCUT2D eigenvalue weighted by Gasteiger charge is -1.99. The van der Waals surface area contributed by atoms with Gasteiger partial charge in [0.15, 0.2) is 5.78 Å². The molecule has 0 spiro atoms. The lowest BCUT2D eigenvalue weighted by atomic mass is 10.1. The summed E-state index contributed by atoms with van der Waals surface area (Å²) < 4.78 is 0. The van der Waals surface area contributed by atoms with E-state index in [-0.39, 0.29) is 16.8 Å². The quantitative estimate of drug-likeness (QED) is 0.670. The molecule has 0 heterocycles. The Labute approximate surface area is 138 Å². The third-order valence-electron chi connectivity index (χ3n) is 3.04. The number of anilines is 1. The predicted octanol–water partition coefficient (Wildman–Crippen LogP) is 4.29. The topological polar surface area (TPSA) is 46.2 Å².